The smallest absolute Gasteiger partial charge is 0.255 e. The van der Waals surface area contributed by atoms with Crippen LogP contribution in [0.25, 0.3) is 0 Å². The van der Waals surface area contributed by atoms with Gasteiger partial charge in [0, 0.05) is 12.6 Å². The minimum absolute atomic E-state index is 0.271. The van der Waals surface area contributed by atoms with Crippen molar-refractivity contribution in [3.63, 3.8) is 0 Å². The van der Waals surface area contributed by atoms with Gasteiger partial charge in [-0.15, -0.1) is 0 Å². The molecule has 0 aromatic carbocycles. The highest BCUT2D eigenvalue weighted by molar-refractivity contribution is 5.91. The zero-order chi connectivity index (χ0) is 9.02. The van der Waals surface area contributed by atoms with Crippen LogP contribution in [0, 0.1) is 0 Å². The van der Waals surface area contributed by atoms with Crippen molar-refractivity contribution >= 4 is 5.91 Å². The van der Waals surface area contributed by atoms with Gasteiger partial charge in [-0.05, 0) is 6.92 Å². The lowest BCUT2D eigenvalue weighted by molar-refractivity contribution is -0.127. The molecule has 0 heterocycles. The maximum atomic E-state index is 11.7. The summed E-state index contributed by atoms with van der Waals surface area (Å²) in [5, 5.41) is 0. The average molecular weight is 163 g/mol. The molecule has 0 radical (unpaired) electrons. The second kappa shape index (κ2) is 4.05. The Balaban J connectivity index is 3.93. The summed E-state index contributed by atoms with van der Waals surface area (Å²) in [7, 11) is 1.32. The molecule has 0 atom stereocenters. The highest BCUT2D eigenvalue weighted by atomic mass is 19.3. The van der Waals surface area contributed by atoms with E-state index in [1.165, 1.54) is 14.0 Å². The van der Waals surface area contributed by atoms with E-state index >= 15 is 0 Å². The lowest BCUT2D eigenvalue weighted by Crippen LogP contribution is -2.31. The molecule has 0 rings (SSSR count). The van der Waals surface area contributed by atoms with Gasteiger partial charge in [0.25, 0.3) is 6.43 Å². The third-order valence-corrected chi connectivity index (χ3v) is 1.12. The van der Waals surface area contributed by atoms with E-state index in [1.807, 2.05) is 0 Å². The highest BCUT2D eigenvalue weighted by Gasteiger charge is 2.13. The quantitative estimate of drug-likeness (QED) is 0.574. The molecule has 0 bridgehead atoms. The van der Waals surface area contributed by atoms with Gasteiger partial charge in [-0.3, -0.25) is 4.79 Å². The van der Waals surface area contributed by atoms with Gasteiger partial charge in [0.1, 0.15) is 0 Å². The second-order valence-corrected chi connectivity index (χ2v) is 2.36. The molecule has 0 spiro atoms. The standard InChI is InChI=1S/C7H11F2NO/c1-5(2)7(11)10(3)4-6(8)9/h6H,1,4H2,2-3H3. The van der Waals surface area contributed by atoms with Crippen molar-refractivity contribution in [2.24, 2.45) is 0 Å². The molecule has 64 valence electrons. The van der Waals surface area contributed by atoms with E-state index in [1.54, 1.807) is 0 Å². The number of amides is 1. The van der Waals surface area contributed by atoms with Crippen molar-refractivity contribution in [3.8, 4) is 0 Å². The van der Waals surface area contributed by atoms with E-state index in [4.69, 9.17) is 0 Å². The molecule has 0 aliphatic heterocycles. The van der Waals surface area contributed by atoms with Crippen molar-refractivity contribution in [1.82, 2.24) is 4.90 Å². The van der Waals surface area contributed by atoms with Gasteiger partial charge in [0.2, 0.25) is 5.91 Å². The van der Waals surface area contributed by atoms with E-state index in [-0.39, 0.29) is 5.57 Å². The second-order valence-electron chi connectivity index (χ2n) is 2.36. The van der Waals surface area contributed by atoms with Crippen LogP contribution < -0.4 is 0 Å². The molecule has 0 aliphatic rings. The molecule has 4 heteroatoms. The van der Waals surface area contributed by atoms with Crippen LogP contribution in [0.15, 0.2) is 12.2 Å². The summed E-state index contributed by atoms with van der Waals surface area (Å²) < 4.78 is 23.4. The summed E-state index contributed by atoms with van der Waals surface area (Å²) in [6.07, 6.45) is -2.48. The summed E-state index contributed by atoms with van der Waals surface area (Å²) in [6, 6.07) is 0. The molecule has 0 unspecified atom stereocenters. The Hall–Kier alpha value is -0.930. The number of hydrogen-bond donors (Lipinski definition) is 0. The van der Waals surface area contributed by atoms with Gasteiger partial charge >= 0.3 is 0 Å². The first-order valence-electron chi connectivity index (χ1n) is 3.14. The minimum Gasteiger partial charge on any atom is -0.336 e. The molecule has 11 heavy (non-hydrogen) atoms. The topological polar surface area (TPSA) is 20.3 Å². The average Bonchev–Trinajstić information content (AvgIpc) is 1.84. The Morgan fingerprint density at radius 3 is 2.36 bits per heavy atom. The molecular formula is C7H11F2NO. The number of rotatable bonds is 3. The van der Waals surface area contributed by atoms with Crippen LogP contribution in [0.2, 0.25) is 0 Å². The Labute approximate surface area is 64.5 Å². The zero-order valence-electron chi connectivity index (χ0n) is 6.60. The van der Waals surface area contributed by atoms with Crippen LogP contribution in [0.3, 0.4) is 0 Å². The maximum Gasteiger partial charge on any atom is 0.255 e. The minimum atomic E-state index is -2.48. The molecule has 0 aromatic rings. The third-order valence-electron chi connectivity index (χ3n) is 1.12. The first-order valence-corrected chi connectivity index (χ1v) is 3.14. The lowest BCUT2D eigenvalue weighted by atomic mass is 10.3. The number of nitrogens with zero attached hydrogens (tertiary/aromatic N) is 1. The number of likely N-dealkylation sites (N-methyl/N-ethyl adjacent to an activating group) is 1. The van der Waals surface area contributed by atoms with Crippen LogP contribution >= 0.6 is 0 Å². The normalized spacial score (nSPS) is 9.91. The molecule has 0 N–H and O–H groups in total. The predicted molar refractivity (Wildman–Crippen MR) is 38.5 cm³/mol. The van der Waals surface area contributed by atoms with Crippen LogP contribution in [0.5, 0.6) is 0 Å². The Morgan fingerprint density at radius 1 is 1.64 bits per heavy atom. The fraction of sp³-hybridized carbons (Fsp3) is 0.571. The zero-order valence-corrected chi connectivity index (χ0v) is 6.60. The van der Waals surface area contributed by atoms with Crippen molar-refractivity contribution in [2.45, 2.75) is 13.3 Å². The van der Waals surface area contributed by atoms with Crippen LogP contribution in [-0.2, 0) is 4.79 Å². The summed E-state index contributed by atoms with van der Waals surface area (Å²) in [6.45, 7) is 4.30. The summed E-state index contributed by atoms with van der Waals surface area (Å²) >= 11 is 0. The predicted octanol–water partition coefficient (Wildman–Crippen LogP) is 1.29. The summed E-state index contributed by atoms with van der Waals surface area (Å²) in [4.78, 5) is 11.8. The molecular weight excluding hydrogens is 152 g/mol. The molecule has 0 aromatic heterocycles. The van der Waals surface area contributed by atoms with Crippen LogP contribution in [0.1, 0.15) is 6.92 Å². The monoisotopic (exact) mass is 163 g/mol. The van der Waals surface area contributed by atoms with E-state index in [0.717, 1.165) is 4.90 Å². The molecule has 2 nitrogen and oxygen atoms in total. The Kier molecular flexibility index (Phi) is 3.71. The Bertz CT molecular complexity index is 168. The van der Waals surface area contributed by atoms with Gasteiger partial charge < -0.3 is 4.90 Å². The summed E-state index contributed by atoms with van der Waals surface area (Å²) in [5.41, 5.74) is 0.271. The molecule has 0 fully saturated rings. The number of halogens is 2. The number of alkyl halides is 2. The number of hydrogen-bond acceptors (Lipinski definition) is 1. The van der Waals surface area contributed by atoms with Crippen molar-refractivity contribution in [3.05, 3.63) is 12.2 Å². The van der Waals surface area contributed by atoms with E-state index in [0.29, 0.717) is 0 Å². The van der Waals surface area contributed by atoms with Gasteiger partial charge in [-0.1, -0.05) is 6.58 Å². The van der Waals surface area contributed by atoms with Gasteiger partial charge in [0.15, 0.2) is 0 Å². The molecule has 0 saturated carbocycles. The highest BCUT2D eigenvalue weighted by Crippen LogP contribution is 2.00. The SMILES string of the molecule is C=C(C)C(=O)N(C)CC(F)F. The van der Waals surface area contributed by atoms with Crippen molar-refractivity contribution < 1.29 is 13.6 Å². The van der Waals surface area contributed by atoms with E-state index < -0.39 is 18.9 Å². The van der Waals surface area contributed by atoms with Crippen LogP contribution in [-0.4, -0.2) is 30.8 Å². The van der Waals surface area contributed by atoms with Gasteiger partial charge in [-0.2, -0.15) is 0 Å². The van der Waals surface area contributed by atoms with Crippen LogP contribution in [0.4, 0.5) is 8.78 Å². The third kappa shape index (κ3) is 3.70. The van der Waals surface area contributed by atoms with E-state index in [2.05, 4.69) is 6.58 Å². The molecule has 0 saturated heterocycles. The van der Waals surface area contributed by atoms with E-state index in [9.17, 15) is 13.6 Å². The fourth-order valence-electron chi connectivity index (χ4n) is 0.616. The van der Waals surface area contributed by atoms with Crippen molar-refractivity contribution in [1.29, 1.82) is 0 Å². The largest absolute Gasteiger partial charge is 0.336 e. The van der Waals surface area contributed by atoms with Crippen molar-refractivity contribution in [2.75, 3.05) is 13.6 Å². The number of carbonyl (C=O) groups is 1. The Morgan fingerprint density at radius 2 is 2.09 bits per heavy atom. The fourth-order valence-corrected chi connectivity index (χ4v) is 0.616. The van der Waals surface area contributed by atoms with Gasteiger partial charge in [0.05, 0.1) is 6.54 Å². The first kappa shape index (κ1) is 10.1. The summed E-state index contributed by atoms with van der Waals surface area (Å²) in [5.74, 6) is -0.440. The maximum absolute atomic E-state index is 11.7. The first-order chi connectivity index (χ1) is 4.95. The van der Waals surface area contributed by atoms with Gasteiger partial charge in [-0.25, -0.2) is 8.78 Å². The number of carbonyl (C=O) groups excluding carboxylic acids is 1. The molecule has 1 amide bonds. The molecule has 0 aliphatic carbocycles. The lowest BCUT2D eigenvalue weighted by Gasteiger charge is -2.15.